The topological polar surface area (TPSA) is 70.1 Å². The van der Waals surface area contributed by atoms with E-state index in [1.54, 1.807) is 16.8 Å². The summed E-state index contributed by atoms with van der Waals surface area (Å²) in [6.07, 6.45) is 1.60. The van der Waals surface area contributed by atoms with Crippen LogP contribution in [-0.4, -0.2) is 15.7 Å². The Morgan fingerprint density at radius 1 is 1.39 bits per heavy atom. The van der Waals surface area contributed by atoms with Crippen molar-refractivity contribution in [3.8, 4) is 0 Å². The lowest BCUT2D eigenvalue weighted by Crippen LogP contribution is -2.29. The Kier molecular flexibility index (Phi) is 3.43. The minimum atomic E-state index is -0.344. The van der Waals surface area contributed by atoms with Crippen LogP contribution in [0.2, 0.25) is 0 Å². The highest BCUT2D eigenvalue weighted by atomic mass is 16.5. The van der Waals surface area contributed by atoms with Gasteiger partial charge in [-0.1, -0.05) is 27.7 Å². The van der Waals surface area contributed by atoms with E-state index in [-0.39, 0.29) is 29.8 Å². The van der Waals surface area contributed by atoms with E-state index in [1.165, 1.54) is 0 Å². The van der Waals surface area contributed by atoms with Gasteiger partial charge in [-0.2, -0.15) is 4.98 Å². The number of ether oxygens (including phenoxy) is 1. The fourth-order valence-corrected chi connectivity index (χ4v) is 2.67. The molecule has 1 aromatic rings. The van der Waals surface area contributed by atoms with Crippen molar-refractivity contribution < 1.29 is 4.74 Å². The van der Waals surface area contributed by atoms with E-state index in [9.17, 15) is 4.79 Å². The third kappa shape index (κ3) is 2.14. The summed E-state index contributed by atoms with van der Waals surface area (Å²) in [5, 5.41) is 0. The summed E-state index contributed by atoms with van der Waals surface area (Å²) in [6.45, 7) is 8.56. The lowest BCUT2D eigenvalue weighted by atomic mass is 9.87. The zero-order valence-electron chi connectivity index (χ0n) is 11.3. The Hall–Kier alpha value is -1.36. The first kappa shape index (κ1) is 13.1. The van der Waals surface area contributed by atoms with Crippen molar-refractivity contribution in [2.75, 3.05) is 5.73 Å². The fraction of sp³-hybridized carbons (Fsp3) is 0.692. The largest absolute Gasteiger partial charge is 0.383 e. The molecule has 100 valence electrons. The molecule has 1 aliphatic rings. The molecule has 1 aromatic heterocycles. The Bertz CT molecular complexity index is 483. The number of hydrogen-bond donors (Lipinski definition) is 1. The summed E-state index contributed by atoms with van der Waals surface area (Å²) in [6, 6.07) is 1.63. The van der Waals surface area contributed by atoms with Crippen LogP contribution in [0.15, 0.2) is 17.1 Å². The number of nitrogens with two attached hydrogens (primary N) is 1. The highest BCUT2D eigenvalue weighted by Gasteiger charge is 2.41. The smallest absolute Gasteiger partial charge is 0.351 e. The van der Waals surface area contributed by atoms with Gasteiger partial charge < -0.3 is 10.5 Å². The lowest BCUT2D eigenvalue weighted by molar-refractivity contribution is -0.0346. The molecule has 0 spiro atoms. The van der Waals surface area contributed by atoms with Gasteiger partial charge in [0.05, 0.1) is 6.10 Å². The molecule has 18 heavy (non-hydrogen) atoms. The van der Waals surface area contributed by atoms with E-state index >= 15 is 0 Å². The van der Waals surface area contributed by atoms with Gasteiger partial charge in [0, 0.05) is 12.1 Å². The molecule has 1 fully saturated rings. The second kappa shape index (κ2) is 4.72. The van der Waals surface area contributed by atoms with E-state index in [1.807, 2.05) is 0 Å². The normalized spacial score (nSPS) is 32.1. The van der Waals surface area contributed by atoms with Crippen molar-refractivity contribution in [2.45, 2.75) is 40.0 Å². The maximum absolute atomic E-state index is 11.8. The molecule has 4 atom stereocenters. The van der Waals surface area contributed by atoms with Gasteiger partial charge in [-0.15, -0.1) is 0 Å². The molecule has 2 heterocycles. The predicted molar refractivity (Wildman–Crippen MR) is 70.0 cm³/mol. The highest BCUT2D eigenvalue weighted by molar-refractivity contribution is 5.23. The van der Waals surface area contributed by atoms with Crippen LogP contribution in [0.5, 0.6) is 0 Å². The zero-order valence-corrected chi connectivity index (χ0v) is 11.3. The Morgan fingerprint density at radius 3 is 2.56 bits per heavy atom. The number of aromatic nitrogens is 2. The van der Waals surface area contributed by atoms with E-state index in [4.69, 9.17) is 10.5 Å². The average Bonchev–Trinajstić information content (AvgIpc) is 2.57. The van der Waals surface area contributed by atoms with Crippen molar-refractivity contribution in [2.24, 2.45) is 17.8 Å². The van der Waals surface area contributed by atoms with Crippen molar-refractivity contribution in [1.82, 2.24) is 9.55 Å². The Labute approximate surface area is 107 Å². The summed E-state index contributed by atoms with van der Waals surface area (Å²) < 4.78 is 7.58. The van der Waals surface area contributed by atoms with E-state index < -0.39 is 0 Å². The van der Waals surface area contributed by atoms with Crippen molar-refractivity contribution in [3.63, 3.8) is 0 Å². The molecule has 0 amide bonds. The molecule has 1 saturated heterocycles. The molecule has 0 unspecified atom stereocenters. The van der Waals surface area contributed by atoms with E-state index in [2.05, 4.69) is 32.7 Å². The first-order chi connectivity index (χ1) is 8.41. The number of nitrogen functional groups attached to an aromatic ring is 1. The van der Waals surface area contributed by atoms with Crippen LogP contribution in [0.4, 0.5) is 5.82 Å². The van der Waals surface area contributed by atoms with Crippen molar-refractivity contribution in [1.29, 1.82) is 0 Å². The van der Waals surface area contributed by atoms with Crippen LogP contribution in [0.3, 0.4) is 0 Å². The average molecular weight is 251 g/mol. The molecule has 0 saturated carbocycles. The SMILES string of the molecule is CC(C)[C@H]1O[C@@H](n2ccc(N)nc2=O)[C@@H](C)[C@@H]1C. The summed E-state index contributed by atoms with van der Waals surface area (Å²) in [5.74, 6) is 1.38. The van der Waals surface area contributed by atoms with Crippen LogP contribution >= 0.6 is 0 Å². The summed E-state index contributed by atoms with van der Waals surface area (Å²) in [5.41, 5.74) is 5.15. The fourth-order valence-electron chi connectivity index (χ4n) is 2.67. The summed E-state index contributed by atoms with van der Waals surface area (Å²) in [4.78, 5) is 15.6. The molecule has 0 aromatic carbocycles. The zero-order chi connectivity index (χ0) is 13.4. The quantitative estimate of drug-likeness (QED) is 0.867. The van der Waals surface area contributed by atoms with Crippen LogP contribution < -0.4 is 11.4 Å². The molecule has 0 aliphatic carbocycles. The third-order valence-corrected chi connectivity index (χ3v) is 3.88. The number of hydrogen-bond acceptors (Lipinski definition) is 4. The van der Waals surface area contributed by atoms with Gasteiger partial charge in [-0.05, 0) is 17.9 Å². The molecule has 0 radical (unpaired) electrons. The molecule has 1 aliphatic heterocycles. The summed E-state index contributed by atoms with van der Waals surface area (Å²) >= 11 is 0. The summed E-state index contributed by atoms with van der Waals surface area (Å²) in [7, 11) is 0. The molecule has 5 nitrogen and oxygen atoms in total. The van der Waals surface area contributed by atoms with Gasteiger partial charge in [0.15, 0.2) is 0 Å². The van der Waals surface area contributed by atoms with Crippen LogP contribution in [0.1, 0.15) is 33.9 Å². The second-order valence-electron chi connectivity index (χ2n) is 5.50. The van der Waals surface area contributed by atoms with Gasteiger partial charge >= 0.3 is 5.69 Å². The van der Waals surface area contributed by atoms with Crippen LogP contribution in [0, 0.1) is 17.8 Å². The Balaban J connectivity index is 2.32. The highest BCUT2D eigenvalue weighted by Crippen LogP contribution is 2.40. The van der Waals surface area contributed by atoms with E-state index in [0.717, 1.165) is 0 Å². The monoisotopic (exact) mass is 251 g/mol. The van der Waals surface area contributed by atoms with Gasteiger partial charge in [-0.3, -0.25) is 4.57 Å². The van der Waals surface area contributed by atoms with Gasteiger partial charge in [0.25, 0.3) is 0 Å². The van der Waals surface area contributed by atoms with Gasteiger partial charge in [0.1, 0.15) is 12.0 Å². The maximum atomic E-state index is 11.8. The standard InChI is InChI=1S/C13H21N3O2/c1-7(2)11-8(3)9(4)12(18-11)16-6-5-10(14)15-13(16)17/h5-9,11-12H,1-4H3,(H2,14,15,17)/t8-,9-,11+,12+/m0/s1. The lowest BCUT2D eigenvalue weighted by Gasteiger charge is -2.19. The maximum Gasteiger partial charge on any atom is 0.351 e. The van der Waals surface area contributed by atoms with Crippen molar-refractivity contribution >= 4 is 5.82 Å². The predicted octanol–water partition coefficient (Wildman–Crippen LogP) is 1.65. The van der Waals surface area contributed by atoms with Crippen molar-refractivity contribution in [3.05, 3.63) is 22.7 Å². The number of rotatable bonds is 2. The number of nitrogens with zero attached hydrogens (tertiary/aromatic N) is 2. The minimum Gasteiger partial charge on any atom is -0.383 e. The molecular weight excluding hydrogens is 230 g/mol. The first-order valence-corrected chi connectivity index (χ1v) is 6.42. The Morgan fingerprint density at radius 2 is 2.06 bits per heavy atom. The van der Waals surface area contributed by atoms with Gasteiger partial charge in [0.2, 0.25) is 0 Å². The first-order valence-electron chi connectivity index (χ1n) is 6.42. The van der Waals surface area contributed by atoms with E-state index in [0.29, 0.717) is 11.8 Å². The third-order valence-electron chi connectivity index (χ3n) is 3.88. The van der Waals surface area contributed by atoms with Crippen LogP contribution in [-0.2, 0) is 4.74 Å². The van der Waals surface area contributed by atoms with Gasteiger partial charge in [-0.25, -0.2) is 4.79 Å². The molecule has 2 N–H and O–H groups in total. The molecule has 2 rings (SSSR count). The number of anilines is 1. The molecule has 5 heteroatoms. The second-order valence-corrected chi connectivity index (χ2v) is 5.50. The van der Waals surface area contributed by atoms with Crippen LogP contribution in [0.25, 0.3) is 0 Å². The molecule has 0 bridgehead atoms. The minimum absolute atomic E-state index is 0.175. The molecular formula is C13H21N3O2.